The maximum Gasteiger partial charge on any atom is 0.128 e. The molecule has 0 saturated carbocycles. The SMILES string of the molecule is CCc1ccc2c(c1)C1=CC=CCC1O2. The summed E-state index contributed by atoms with van der Waals surface area (Å²) in [5.74, 6) is 1.05. The zero-order chi connectivity index (χ0) is 10.3. The van der Waals surface area contributed by atoms with Crippen LogP contribution in [-0.4, -0.2) is 6.10 Å². The first-order chi connectivity index (χ1) is 7.38. The number of hydrogen-bond donors (Lipinski definition) is 0. The van der Waals surface area contributed by atoms with Gasteiger partial charge in [0, 0.05) is 17.6 Å². The summed E-state index contributed by atoms with van der Waals surface area (Å²) in [6, 6.07) is 6.53. The van der Waals surface area contributed by atoms with Gasteiger partial charge in [0.05, 0.1) is 0 Å². The lowest BCUT2D eigenvalue weighted by molar-refractivity contribution is 0.279. The van der Waals surface area contributed by atoms with Crippen LogP contribution in [0.2, 0.25) is 0 Å². The Morgan fingerprint density at radius 1 is 1.40 bits per heavy atom. The van der Waals surface area contributed by atoms with Gasteiger partial charge in [0.15, 0.2) is 0 Å². The Morgan fingerprint density at radius 3 is 3.20 bits per heavy atom. The van der Waals surface area contributed by atoms with Crippen molar-refractivity contribution in [1.29, 1.82) is 0 Å². The predicted molar refractivity (Wildman–Crippen MR) is 62.0 cm³/mol. The molecule has 1 aromatic carbocycles. The molecule has 0 saturated heterocycles. The zero-order valence-corrected chi connectivity index (χ0v) is 8.86. The van der Waals surface area contributed by atoms with Crippen LogP contribution in [-0.2, 0) is 6.42 Å². The normalized spacial score (nSPS) is 21.7. The second kappa shape index (κ2) is 3.27. The molecule has 0 spiro atoms. The molecule has 0 fully saturated rings. The van der Waals surface area contributed by atoms with Crippen molar-refractivity contribution in [3.63, 3.8) is 0 Å². The second-order valence-electron chi connectivity index (χ2n) is 4.08. The highest BCUT2D eigenvalue weighted by Crippen LogP contribution is 2.40. The summed E-state index contributed by atoms with van der Waals surface area (Å²) in [5.41, 5.74) is 4.03. The Hall–Kier alpha value is -1.50. The van der Waals surface area contributed by atoms with E-state index in [2.05, 4.69) is 43.4 Å². The molecule has 2 aliphatic rings. The van der Waals surface area contributed by atoms with Gasteiger partial charge in [-0.3, -0.25) is 0 Å². The second-order valence-corrected chi connectivity index (χ2v) is 4.08. The van der Waals surface area contributed by atoms with E-state index < -0.39 is 0 Å². The van der Waals surface area contributed by atoms with Crippen LogP contribution in [0.4, 0.5) is 0 Å². The van der Waals surface area contributed by atoms with E-state index in [0.29, 0.717) is 0 Å². The third-order valence-corrected chi connectivity index (χ3v) is 3.14. The van der Waals surface area contributed by atoms with Gasteiger partial charge in [-0.1, -0.05) is 31.2 Å². The van der Waals surface area contributed by atoms with Crippen molar-refractivity contribution in [2.24, 2.45) is 0 Å². The number of fused-ring (bicyclic) bond motifs is 3. The van der Waals surface area contributed by atoms with Crippen LogP contribution >= 0.6 is 0 Å². The number of benzene rings is 1. The van der Waals surface area contributed by atoms with Crippen LogP contribution < -0.4 is 4.74 Å². The quantitative estimate of drug-likeness (QED) is 0.672. The van der Waals surface area contributed by atoms with Gasteiger partial charge in [-0.15, -0.1) is 0 Å². The molecule has 1 aliphatic carbocycles. The molecular weight excluding hydrogens is 184 g/mol. The minimum Gasteiger partial charge on any atom is -0.485 e. The van der Waals surface area contributed by atoms with E-state index in [9.17, 15) is 0 Å². The van der Waals surface area contributed by atoms with Crippen LogP contribution in [0.15, 0.2) is 36.4 Å². The summed E-state index contributed by atoms with van der Waals surface area (Å²) in [6.07, 6.45) is 8.82. The van der Waals surface area contributed by atoms with Crippen LogP contribution in [0, 0.1) is 0 Å². The van der Waals surface area contributed by atoms with E-state index in [0.717, 1.165) is 18.6 Å². The van der Waals surface area contributed by atoms with Gasteiger partial charge in [-0.05, 0) is 24.1 Å². The molecule has 0 aromatic heterocycles. The fraction of sp³-hybridized carbons (Fsp3) is 0.286. The van der Waals surface area contributed by atoms with Gasteiger partial charge in [-0.2, -0.15) is 0 Å². The summed E-state index contributed by atoms with van der Waals surface area (Å²) in [6.45, 7) is 2.18. The number of ether oxygens (including phenoxy) is 1. The molecule has 1 unspecified atom stereocenters. The molecule has 1 nitrogen and oxygen atoms in total. The van der Waals surface area contributed by atoms with E-state index in [-0.39, 0.29) is 6.10 Å². The first-order valence-corrected chi connectivity index (χ1v) is 5.55. The Morgan fingerprint density at radius 2 is 2.33 bits per heavy atom. The minimum absolute atomic E-state index is 0.261. The third kappa shape index (κ3) is 1.30. The fourth-order valence-electron chi connectivity index (χ4n) is 2.26. The third-order valence-electron chi connectivity index (χ3n) is 3.14. The van der Waals surface area contributed by atoms with Gasteiger partial charge in [0.2, 0.25) is 0 Å². The predicted octanol–water partition coefficient (Wildman–Crippen LogP) is 3.35. The molecule has 1 heteroatoms. The first kappa shape index (κ1) is 8.78. The van der Waals surface area contributed by atoms with E-state index >= 15 is 0 Å². The lowest BCUT2D eigenvalue weighted by Crippen LogP contribution is -2.12. The highest BCUT2D eigenvalue weighted by Gasteiger charge is 2.28. The summed E-state index contributed by atoms with van der Waals surface area (Å²) < 4.78 is 5.89. The maximum absolute atomic E-state index is 5.89. The summed E-state index contributed by atoms with van der Waals surface area (Å²) in [7, 11) is 0. The molecule has 0 bridgehead atoms. The molecule has 1 aliphatic heterocycles. The van der Waals surface area contributed by atoms with Crippen LogP contribution in [0.1, 0.15) is 24.5 Å². The van der Waals surface area contributed by atoms with Crippen molar-refractivity contribution >= 4 is 5.57 Å². The molecule has 1 aromatic rings. The average Bonchev–Trinajstić information content (AvgIpc) is 2.66. The standard InChI is InChI=1S/C14H14O/c1-2-10-7-8-14-12(9-10)11-5-3-4-6-13(11)15-14/h3-5,7-9,13H,2,6H2,1H3. The number of hydrogen-bond acceptors (Lipinski definition) is 1. The Kier molecular flexibility index (Phi) is 1.91. The molecule has 76 valence electrons. The van der Waals surface area contributed by atoms with E-state index in [4.69, 9.17) is 4.74 Å². The lowest BCUT2D eigenvalue weighted by Gasteiger charge is -2.12. The van der Waals surface area contributed by atoms with Crippen LogP contribution in [0.3, 0.4) is 0 Å². The Labute approximate surface area is 90.1 Å². The molecule has 0 amide bonds. The maximum atomic E-state index is 5.89. The van der Waals surface area contributed by atoms with Crippen LogP contribution in [0.5, 0.6) is 5.75 Å². The molecule has 0 radical (unpaired) electrons. The largest absolute Gasteiger partial charge is 0.485 e. The molecule has 3 rings (SSSR count). The fourth-order valence-corrected chi connectivity index (χ4v) is 2.26. The van der Waals surface area contributed by atoms with E-state index in [1.165, 1.54) is 16.7 Å². The first-order valence-electron chi connectivity index (χ1n) is 5.55. The minimum atomic E-state index is 0.261. The van der Waals surface area contributed by atoms with Crippen molar-refractivity contribution in [2.45, 2.75) is 25.9 Å². The van der Waals surface area contributed by atoms with Gasteiger partial charge >= 0.3 is 0 Å². The van der Waals surface area contributed by atoms with Crippen molar-refractivity contribution in [3.8, 4) is 5.75 Å². The van der Waals surface area contributed by atoms with Gasteiger partial charge in [0.1, 0.15) is 11.9 Å². The highest BCUT2D eigenvalue weighted by molar-refractivity contribution is 5.79. The Balaban J connectivity index is 2.11. The van der Waals surface area contributed by atoms with Crippen molar-refractivity contribution in [1.82, 2.24) is 0 Å². The van der Waals surface area contributed by atoms with Gasteiger partial charge < -0.3 is 4.74 Å². The van der Waals surface area contributed by atoms with Crippen LogP contribution in [0.25, 0.3) is 5.57 Å². The number of rotatable bonds is 1. The van der Waals surface area contributed by atoms with Gasteiger partial charge in [0.25, 0.3) is 0 Å². The molecule has 1 heterocycles. The van der Waals surface area contributed by atoms with Gasteiger partial charge in [-0.25, -0.2) is 0 Å². The molecule has 15 heavy (non-hydrogen) atoms. The monoisotopic (exact) mass is 198 g/mol. The van der Waals surface area contributed by atoms with Crippen molar-refractivity contribution in [2.75, 3.05) is 0 Å². The topological polar surface area (TPSA) is 9.23 Å². The number of aryl methyl sites for hydroxylation is 1. The summed E-state index contributed by atoms with van der Waals surface area (Å²) >= 11 is 0. The molecular formula is C14H14O. The number of allylic oxidation sites excluding steroid dienone is 2. The van der Waals surface area contributed by atoms with E-state index in [1.54, 1.807) is 0 Å². The smallest absolute Gasteiger partial charge is 0.128 e. The van der Waals surface area contributed by atoms with E-state index in [1.807, 2.05) is 0 Å². The molecule has 1 atom stereocenters. The summed E-state index contributed by atoms with van der Waals surface area (Å²) in [5, 5.41) is 0. The molecule has 0 N–H and O–H groups in total. The van der Waals surface area contributed by atoms with Crippen molar-refractivity contribution < 1.29 is 4.74 Å². The average molecular weight is 198 g/mol. The van der Waals surface area contributed by atoms with Crippen molar-refractivity contribution in [3.05, 3.63) is 47.6 Å². The lowest BCUT2D eigenvalue weighted by atomic mass is 9.95. The summed E-state index contributed by atoms with van der Waals surface area (Å²) in [4.78, 5) is 0. The Bertz CT molecular complexity index is 454. The zero-order valence-electron chi connectivity index (χ0n) is 8.86. The highest BCUT2D eigenvalue weighted by atomic mass is 16.5.